The Morgan fingerprint density at radius 1 is 1.24 bits per heavy atom. The summed E-state index contributed by atoms with van der Waals surface area (Å²) >= 11 is 0. The number of nitrogens with one attached hydrogen (secondary N) is 3. The van der Waals surface area contributed by atoms with Crippen LogP contribution in [0, 0.1) is 0 Å². The monoisotopic (exact) mass is 293 g/mol. The Balaban J connectivity index is 2.65. The van der Waals surface area contributed by atoms with Gasteiger partial charge in [-0.15, -0.1) is 0 Å². The van der Waals surface area contributed by atoms with Gasteiger partial charge in [0.2, 0.25) is 0 Å². The molecule has 1 aromatic rings. The van der Waals surface area contributed by atoms with Gasteiger partial charge >= 0.3 is 12.0 Å². The molecule has 0 aliphatic carbocycles. The molecular weight excluding hydrogens is 274 g/mol. The zero-order valence-corrected chi connectivity index (χ0v) is 12.2. The molecule has 7 heteroatoms. The Hall–Kier alpha value is -2.57. The van der Waals surface area contributed by atoms with E-state index in [-0.39, 0.29) is 0 Å². The minimum atomic E-state index is -1.08. The number of ether oxygens (including phenoxy) is 1. The highest BCUT2D eigenvalue weighted by Gasteiger charge is 2.21. The van der Waals surface area contributed by atoms with Gasteiger partial charge in [-0.1, -0.05) is 12.1 Å². The molecule has 0 spiro atoms. The lowest BCUT2D eigenvalue weighted by molar-refractivity contribution is -0.127. The first-order valence-electron chi connectivity index (χ1n) is 6.56. The van der Waals surface area contributed by atoms with Gasteiger partial charge in [0.15, 0.2) is 6.10 Å². The number of rotatable bonds is 5. The highest BCUT2D eigenvalue weighted by Crippen LogP contribution is 2.16. The smallest absolute Gasteiger partial charge is 0.341 e. The van der Waals surface area contributed by atoms with E-state index in [2.05, 4.69) is 16.0 Å². The SMILES string of the molecule is CCNC(=O)NC(=O)C(C)OC(=O)c1ccccc1NC. The van der Waals surface area contributed by atoms with Crippen LogP contribution in [0.1, 0.15) is 24.2 Å². The molecule has 0 saturated heterocycles. The molecule has 21 heavy (non-hydrogen) atoms. The summed E-state index contributed by atoms with van der Waals surface area (Å²) in [6.07, 6.45) is -1.08. The topological polar surface area (TPSA) is 96.5 Å². The van der Waals surface area contributed by atoms with Crippen molar-refractivity contribution in [2.24, 2.45) is 0 Å². The molecule has 1 aromatic carbocycles. The Morgan fingerprint density at radius 2 is 1.90 bits per heavy atom. The minimum Gasteiger partial charge on any atom is -0.449 e. The maximum absolute atomic E-state index is 12.0. The zero-order chi connectivity index (χ0) is 15.8. The third kappa shape index (κ3) is 4.79. The number of hydrogen-bond donors (Lipinski definition) is 3. The van der Waals surface area contributed by atoms with Crippen LogP contribution in [0.3, 0.4) is 0 Å². The second kappa shape index (κ2) is 7.88. The fraction of sp³-hybridized carbons (Fsp3) is 0.357. The highest BCUT2D eigenvalue weighted by atomic mass is 16.5. The summed E-state index contributed by atoms with van der Waals surface area (Å²) in [7, 11) is 1.68. The van der Waals surface area contributed by atoms with E-state index in [1.54, 1.807) is 38.2 Å². The fourth-order valence-corrected chi connectivity index (χ4v) is 1.57. The second-order valence-electron chi connectivity index (χ2n) is 4.19. The maximum Gasteiger partial charge on any atom is 0.341 e. The van der Waals surface area contributed by atoms with Gasteiger partial charge in [0.25, 0.3) is 5.91 Å². The molecule has 7 nitrogen and oxygen atoms in total. The molecule has 0 radical (unpaired) electrons. The average molecular weight is 293 g/mol. The number of hydrogen-bond acceptors (Lipinski definition) is 5. The van der Waals surface area contributed by atoms with Gasteiger partial charge in [-0.25, -0.2) is 9.59 Å². The molecule has 0 saturated carbocycles. The van der Waals surface area contributed by atoms with E-state index in [1.165, 1.54) is 6.92 Å². The molecule has 0 aliphatic rings. The first-order valence-corrected chi connectivity index (χ1v) is 6.56. The summed E-state index contributed by atoms with van der Waals surface area (Å²) in [4.78, 5) is 34.9. The van der Waals surface area contributed by atoms with E-state index >= 15 is 0 Å². The molecule has 1 rings (SSSR count). The van der Waals surface area contributed by atoms with Crippen molar-refractivity contribution in [3.63, 3.8) is 0 Å². The second-order valence-corrected chi connectivity index (χ2v) is 4.19. The van der Waals surface area contributed by atoms with Crippen molar-refractivity contribution in [3.8, 4) is 0 Å². The average Bonchev–Trinajstić information content (AvgIpc) is 2.47. The van der Waals surface area contributed by atoms with Crippen molar-refractivity contribution in [2.75, 3.05) is 18.9 Å². The van der Waals surface area contributed by atoms with Crippen LogP contribution in [0.2, 0.25) is 0 Å². The minimum absolute atomic E-state index is 0.317. The summed E-state index contributed by atoms with van der Waals surface area (Å²) in [5.74, 6) is -1.32. The number of amides is 3. The summed E-state index contributed by atoms with van der Waals surface area (Å²) in [5, 5.41) is 7.36. The molecular formula is C14H19N3O4. The first-order chi connectivity index (χ1) is 9.99. The molecule has 3 amide bonds. The lowest BCUT2D eigenvalue weighted by Gasteiger charge is -2.14. The van der Waals surface area contributed by atoms with Gasteiger partial charge in [0, 0.05) is 19.3 Å². The van der Waals surface area contributed by atoms with Crippen LogP contribution in [0.4, 0.5) is 10.5 Å². The van der Waals surface area contributed by atoms with Gasteiger partial charge < -0.3 is 15.4 Å². The first kappa shape index (κ1) is 16.5. The number of esters is 1. The largest absolute Gasteiger partial charge is 0.449 e. The lowest BCUT2D eigenvalue weighted by Crippen LogP contribution is -2.44. The van der Waals surface area contributed by atoms with E-state index in [1.807, 2.05) is 0 Å². The van der Waals surface area contributed by atoms with Crippen molar-refractivity contribution in [2.45, 2.75) is 20.0 Å². The fourth-order valence-electron chi connectivity index (χ4n) is 1.57. The van der Waals surface area contributed by atoms with Crippen LogP contribution >= 0.6 is 0 Å². The Kier molecular flexibility index (Phi) is 6.19. The van der Waals surface area contributed by atoms with E-state index < -0.39 is 24.0 Å². The summed E-state index contributed by atoms with van der Waals surface area (Å²) in [5.41, 5.74) is 0.913. The van der Waals surface area contributed by atoms with Gasteiger partial charge in [0.05, 0.1) is 5.56 Å². The van der Waals surface area contributed by atoms with Gasteiger partial charge in [-0.2, -0.15) is 0 Å². The van der Waals surface area contributed by atoms with E-state index in [0.717, 1.165) is 0 Å². The van der Waals surface area contributed by atoms with Gasteiger partial charge in [-0.3, -0.25) is 10.1 Å². The molecule has 1 unspecified atom stereocenters. The molecule has 114 valence electrons. The Bertz CT molecular complexity index is 531. The van der Waals surface area contributed by atoms with Crippen molar-refractivity contribution in [1.82, 2.24) is 10.6 Å². The van der Waals surface area contributed by atoms with Crippen LogP contribution < -0.4 is 16.0 Å². The number of imide groups is 1. The summed E-state index contributed by atoms with van der Waals surface area (Å²) in [6.45, 7) is 3.51. The van der Waals surface area contributed by atoms with E-state index in [0.29, 0.717) is 17.8 Å². The maximum atomic E-state index is 12.0. The van der Waals surface area contributed by atoms with Crippen molar-refractivity contribution < 1.29 is 19.1 Å². The Labute approximate surface area is 123 Å². The molecule has 3 N–H and O–H groups in total. The van der Waals surface area contributed by atoms with Crippen molar-refractivity contribution in [3.05, 3.63) is 29.8 Å². The number of urea groups is 1. The van der Waals surface area contributed by atoms with E-state index in [9.17, 15) is 14.4 Å². The Morgan fingerprint density at radius 3 is 2.52 bits per heavy atom. The van der Waals surface area contributed by atoms with Crippen LogP contribution in [-0.4, -0.2) is 37.6 Å². The normalized spacial score (nSPS) is 11.2. The molecule has 0 aromatic heterocycles. The van der Waals surface area contributed by atoms with Crippen LogP contribution in [-0.2, 0) is 9.53 Å². The number of carbonyl (C=O) groups excluding carboxylic acids is 3. The third-order valence-corrected chi connectivity index (χ3v) is 2.64. The standard InChI is InChI=1S/C14H19N3O4/c1-4-16-14(20)17-12(18)9(2)21-13(19)10-7-5-6-8-11(10)15-3/h5-9,15H,4H2,1-3H3,(H2,16,17,18,20). The van der Waals surface area contributed by atoms with Crippen LogP contribution in [0.15, 0.2) is 24.3 Å². The summed E-state index contributed by atoms with van der Waals surface area (Å²) in [6, 6.07) is 6.14. The molecule has 0 bridgehead atoms. The molecule has 1 atom stereocenters. The third-order valence-electron chi connectivity index (χ3n) is 2.64. The summed E-state index contributed by atoms with van der Waals surface area (Å²) < 4.78 is 5.05. The predicted octanol–water partition coefficient (Wildman–Crippen LogP) is 1.12. The molecule has 0 fully saturated rings. The zero-order valence-electron chi connectivity index (χ0n) is 12.2. The van der Waals surface area contributed by atoms with Crippen molar-refractivity contribution >= 4 is 23.6 Å². The quantitative estimate of drug-likeness (QED) is 0.707. The highest BCUT2D eigenvalue weighted by molar-refractivity contribution is 6.00. The molecule has 0 aliphatic heterocycles. The number of carbonyl (C=O) groups is 3. The number of anilines is 1. The number of para-hydroxylation sites is 1. The van der Waals surface area contributed by atoms with Crippen molar-refractivity contribution in [1.29, 1.82) is 0 Å². The predicted molar refractivity (Wildman–Crippen MR) is 78.1 cm³/mol. The van der Waals surface area contributed by atoms with E-state index in [4.69, 9.17) is 4.74 Å². The van der Waals surface area contributed by atoms with Gasteiger partial charge in [0.1, 0.15) is 0 Å². The van der Waals surface area contributed by atoms with Crippen LogP contribution in [0.25, 0.3) is 0 Å². The van der Waals surface area contributed by atoms with Gasteiger partial charge in [-0.05, 0) is 26.0 Å². The number of benzene rings is 1. The molecule has 0 heterocycles. The van der Waals surface area contributed by atoms with Crippen LogP contribution in [0.5, 0.6) is 0 Å². The lowest BCUT2D eigenvalue weighted by atomic mass is 10.2.